The van der Waals surface area contributed by atoms with Gasteiger partial charge in [-0.3, -0.25) is 4.79 Å². The molecule has 1 aromatic carbocycles. The molecule has 4 rings (SSSR count). The summed E-state index contributed by atoms with van der Waals surface area (Å²) in [6, 6.07) is 3.72. The molecule has 1 saturated carbocycles. The van der Waals surface area contributed by atoms with Crippen molar-refractivity contribution in [3.8, 4) is 0 Å². The number of benzene rings is 1. The van der Waals surface area contributed by atoms with Crippen molar-refractivity contribution in [3.05, 3.63) is 47.0 Å². The zero-order valence-corrected chi connectivity index (χ0v) is 15.2. The first-order valence-electron chi connectivity index (χ1n) is 9.30. The molecule has 5 nitrogen and oxygen atoms in total. The van der Waals surface area contributed by atoms with Gasteiger partial charge in [0, 0.05) is 18.4 Å². The van der Waals surface area contributed by atoms with Gasteiger partial charge in [0.2, 0.25) is 0 Å². The molecular weight excluding hydrogens is 397 g/mol. The van der Waals surface area contributed by atoms with Crippen molar-refractivity contribution in [1.29, 1.82) is 0 Å². The second-order valence-corrected chi connectivity index (χ2v) is 7.78. The highest BCUT2D eigenvalue weighted by atomic mass is 19.4. The van der Waals surface area contributed by atoms with Gasteiger partial charge in [0.1, 0.15) is 17.1 Å². The number of carbonyl (C=O) groups is 1. The van der Waals surface area contributed by atoms with Crippen molar-refractivity contribution < 1.29 is 31.9 Å². The first kappa shape index (κ1) is 19.8. The average molecular weight is 415 g/mol. The fraction of sp³-hybridized carbons (Fsp3) is 0.526. The van der Waals surface area contributed by atoms with E-state index in [4.69, 9.17) is 0 Å². The molecule has 0 amide bonds. The van der Waals surface area contributed by atoms with Crippen LogP contribution in [0.1, 0.15) is 61.2 Å². The summed E-state index contributed by atoms with van der Waals surface area (Å²) in [5.74, 6) is -4.56. The van der Waals surface area contributed by atoms with E-state index in [0.717, 1.165) is 6.07 Å². The predicted molar refractivity (Wildman–Crippen MR) is 90.3 cm³/mol. The van der Waals surface area contributed by atoms with Crippen LogP contribution in [0.4, 0.5) is 22.0 Å². The summed E-state index contributed by atoms with van der Waals surface area (Å²) in [7, 11) is 0. The Kier molecular flexibility index (Phi) is 4.62. The van der Waals surface area contributed by atoms with Crippen LogP contribution in [0.5, 0.6) is 0 Å². The minimum atomic E-state index is -4.52. The number of fused-ring (bicyclic) bond motifs is 1. The molecule has 0 bridgehead atoms. The molecule has 1 aromatic heterocycles. The van der Waals surface area contributed by atoms with Crippen LogP contribution in [0, 0.1) is 11.6 Å². The molecule has 156 valence electrons. The number of alkyl halides is 3. The smallest absolute Gasteiger partial charge is 0.401 e. The van der Waals surface area contributed by atoms with E-state index in [1.165, 1.54) is 16.7 Å². The predicted octanol–water partition coefficient (Wildman–Crippen LogP) is 4.29. The second-order valence-electron chi connectivity index (χ2n) is 7.78. The minimum absolute atomic E-state index is 0.0587. The molecule has 2 aromatic rings. The maximum absolute atomic E-state index is 14.4. The van der Waals surface area contributed by atoms with Crippen LogP contribution < -0.4 is 0 Å². The minimum Gasteiger partial charge on any atom is -0.481 e. The van der Waals surface area contributed by atoms with Crippen molar-refractivity contribution in [3.63, 3.8) is 0 Å². The van der Waals surface area contributed by atoms with E-state index in [2.05, 4.69) is 10.2 Å². The zero-order valence-electron chi connectivity index (χ0n) is 15.2. The van der Waals surface area contributed by atoms with Gasteiger partial charge in [0.05, 0.1) is 6.42 Å². The summed E-state index contributed by atoms with van der Waals surface area (Å²) >= 11 is 0. The number of hydrogen-bond acceptors (Lipinski definition) is 3. The molecular formula is C19H18F5N3O2. The Morgan fingerprint density at radius 1 is 1.21 bits per heavy atom. The largest absolute Gasteiger partial charge is 0.481 e. The maximum atomic E-state index is 14.4. The van der Waals surface area contributed by atoms with E-state index >= 15 is 0 Å². The lowest BCUT2D eigenvalue weighted by Gasteiger charge is -2.22. The van der Waals surface area contributed by atoms with Crippen LogP contribution in [0.2, 0.25) is 0 Å². The van der Waals surface area contributed by atoms with Crippen LogP contribution in [-0.2, 0) is 16.8 Å². The fourth-order valence-corrected chi connectivity index (χ4v) is 4.25. The molecule has 0 unspecified atom stereocenters. The van der Waals surface area contributed by atoms with Gasteiger partial charge in [-0.2, -0.15) is 13.2 Å². The van der Waals surface area contributed by atoms with E-state index < -0.39 is 41.0 Å². The molecule has 2 aliphatic rings. The molecule has 1 N–H and O–H groups in total. The number of nitrogens with zero attached hydrogens (tertiary/aromatic N) is 3. The molecule has 2 heterocycles. The number of hydrogen-bond donors (Lipinski definition) is 1. The summed E-state index contributed by atoms with van der Waals surface area (Å²) in [4.78, 5) is 11.3. The Labute approximate surface area is 162 Å². The van der Waals surface area contributed by atoms with Crippen LogP contribution >= 0.6 is 0 Å². The highest BCUT2D eigenvalue weighted by Gasteiger charge is 2.67. The fourth-order valence-electron chi connectivity index (χ4n) is 4.25. The molecule has 0 spiro atoms. The third-order valence-electron chi connectivity index (χ3n) is 5.97. The van der Waals surface area contributed by atoms with Crippen LogP contribution in [-0.4, -0.2) is 32.0 Å². The summed E-state index contributed by atoms with van der Waals surface area (Å²) in [6.07, 6.45) is -4.54. The Morgan fingerprint density at radius 3 is 2.55 bits per heavy atom. The Hall–Kier alpha value is -2.52. The Balaban J connectivity index is 1.80. The number of carboxylic acids is 1. The van der Waals surface area contributed by atoms with Gasteiger partial charge in [-0.05, 0) is 37.3 Å². The van der Waals surface area contributed by atoms with Gasteiger partial charge < -0.3 is 9.67 Å². The second kappa shape index (κ2) is 6.77. The molecule has 1 aliphatic carbocycles. The van der Waals surface area contributed by atoms with Crippen LogP contribution in [0.15, 0.2) is 18.2 Å². The summed E-state index contributed by atoms with van der Waals surface area (Å²) < 4.78 is 70.5. The summed E-state index contributed by atoms with van der Waals surface area (Å²) in [6.45, 7) is -0.0635. The zero-order chi connectivity index (χ0) is 21.0. The SMILES string of the molecule is O=C(O)C[C@@H]1CC[C@@H](c2cccc(F)c2F)Cn2c1nnc2C1(C(F)(F)F)CC1. The van der Waals surface area contributed by atoms with Crippen LogP contribution in [0.3, 0.4) is 0 Å². The van der Waals surface area contributed by atoms with Gasteiger partial charge >= 0.3 is 12.1 Å². The van der Waals surface area contributed by atoms with Gasteiger partial charge in [-0.15, -0.1) is 10.2 Å². The van der Waals surface area contributed by atoms with Crippen LogP contribution in [0.25, 0.3) is 0 Å². The van der Waals surface area contributed by atoms with Crippen molar-refractivity contribution in [1.82, 2.24) is 14.8 Å². The molecule has 1 aliphatic heterocycles. The first-order valence-corrected chi connectivity index (χ1v) is 9.30. The highest BCUT2D eigenvalue weighted by Crippen LogP contribution is 2.59. The van der Waals surface area contributed by atoms with Crippen molar-refractivity contribution in [2.75, 3.05) is 0 Å². The normalized spacial score (nSPS) is 23.3. The number of rotatable bonds is 4. The molecule has 1 fully saturated rings. The van der Waals surface area contributed by atoms with Crippen molar-refractivity contribution in [2.45, 2.75) is 62.1 Å². The van der Waals surface area contributed by atoms with Crippen molar-refractivity contribution >= 4 is 5.97 Å². The number of carboxylic acid groups (broad SMARTS) is 1. The average Bonchev–Trinajstić information content (AvgIpc) is 3.38. The Bertz CT molecular complexity index is 952. The van der Waals surface area contributed by atoms with E-state index in [1.54, 1.807) is 0 Å². The Morgan fingerprint density at radius 2 is 1.93 bits per heavy atom. The standard InChI is InChI=1S/C19H18F5N3O2/c20-13-3-1-2-12(15(13)21)11-5-4-10(8-14(28)29)16-25-26-17(27(16)9-11)18(6-7-18)19(22,23)24/h1-3,10-11H,4-9H2,(H,28,29)/t10-,11+/m0/s1. The number of aliphatic carboxylic acids is 1. The van der Waals surface area contributed by atoms with Crippen molar-refractivity contribution in [2.24, 2.45) is 0 Å². The van der Waals surface area contributed by atoms with Gasteiger partial charge in [0.15, 0.2) is 11.6 Å². The van der Waals surface area contributed by atoms with E-state index in [-0.39, 0.29) is 49.4 Å². The molecule has 0 saturated heterocycles. The quantitative estimate of drug-likeness (QED) is 0.757. The van der Waals surface area contributed by atoms with Gasteiger partial charge in [-0.1, -0.05) is 12.1 Å². The molecule has 2 atom stereocenters. The van der Waals surface area contributed by atoms with Gasteiger partial charge in [0.25, 0.3) is 0 Å². The monoisotopic (exact) mass is 415 g/mol. The summed E-state index contributed by atoms with van der Waals surface area (Å²) in [5.41, 5.74) is -2.05. The number of halogens is 5. The lowest BCUT2D eigenvalue weighted by atomic mass is 9.90. The molecule has 10 heteroatoms. The lowest BCUT2D eigenvalue weighted by molar-refractivity contribution is -0.163. The highest BCUT2D eigenvalue weighted by molar-refractivity contribution is 5.67. The van der Waals surface area contributed by atoms with E-state index in [9.17, 15) is 31.9 Å². The van der Waals surface area contributed by atoms with Gasteiger partial charge in [-0.25, -0.2) is 8.78 Å². The topological polar surface area (TPSA) is 68.0 Å². The summed E-state index contributed by atoms with van der Waals surface area (Å²) in [5, 5.41) is 16.9. The molecule has 29 heavy (non-hydrogen) atoms. The first-order chi connectivity index (χ1) is 13.6. The lowest BCUT2D eigenvalue weighted by Crippen LogP contribution is -2.32. The third kappa shape index (κ3) is 3.28. The maximum Gasteiger partial charge on any atom is 0.401 e. The van der Waals surface area contributed by atoms with E-state index in [0.29, 0.717) is 6.42 Å². The number of aromatic nitrogens is 3. The van der Waals surface area contributed by atoms with E-state index in [1.807, 2.05) is 0 Å². The third-order valence-corrected chi connectivity index (χ3v) is 5.97. The molecule has 0 radical (unpaired) electrons.